The summed E-state index contributed by atoms with van der Waals surface area (Å²) in [6.07, 6.45) is 7.00. The lowest BCUT2D eigenvalue weighted by Crippen LogP contribution is -2.28. The Bertz CT molecular complexity index is 217. The quantitative estimate of drug-likeness (QED) is 0.604. The molecule has 3 N–H and O–H groups in total. The van der Waals surface area contributed by atoms with Crippen LogP contribution in [0.25, 0.3) is 0 Å². The number of hydrogen-bond donors (Lipinski definition) is 2. The number of rotatable bonds is 4. The molecule has 0 saturated carbocycles. The van der Waals surface area contributed by atoms with Crippen molar-refractivity contribution in [2.24, 2.45) is 5.73 Å². The molecule has 0 radical (unpaired) electrons. The molecule has 0 fully saturated rings. The Kier molecular flexibility index (Phi) is 5.65. The van der Waals surface area contributed by atoms with Crippen LogP contribution in [0.5, 0.6) is 0 Å². The van der Waals surface area contributed by atoms with E-state index in [2.05, 4.69) is 11.9 Å². The van der Waals surface area contributed by atoms with Gasteiger partial charge in [0.15, 0.2) is 0 Å². The molecule has 0 rings (SSSR count). The summed E-state index contributed by atoms with van der Waals surface area (Å²) in [6, 6.07) is 0. The predicted octanol–water partition coefficient (Wildman–Crippen LogP) is 0.707. The minimum absolute atomic E-state index is 0.0103. The number of carbonyl (C=O) groups excluding carboxylic acids is 1. The summed E-state index contributed by atoms with van der Waals surface area (Å²) in [7, 11) is 0. The molecule has 0 heterocycles. The summed E-state index contributed by atoms with van der Waals surface area (Å²) < 4.78 is 0. The van der Waals surface area contributed by atoms with Crippen LogP contribution in [-0.4, -0.2) is 12.5 Å². The average molecular weight is 166 g/mol. The van der Waals surface area contributed by atoms with E-state index in [0.29, 0.717) is 0 Å². The molecule has 0 aromatic rings. The van der Waals surface area contributed by atoms with Crippen molar-refractivity contribution in [3.8, 4) is 0 Å². The third-order valence-electron chi connectivity index (χ3n) is 1.12. The molecule has 0 aliphatic heterocycles. The molecule has 3 nitrogen and oxygen atoms in total. The first kappa shape index (κ1) is 10.7. The first-order chi connectivity index (χ1) is 5.70. The Hall–Kier alpha value is -1.35. The van der Waals surface area contributed by atoms with Crippen molar-refractivity contribution in [3.05, 3.63) is 36.6 Å². The molecule has 0 spiro atoms. The third-order valence-corrected chi connectivity index (χ3v) is 1.12. The van der Waals surface area contributed by atoms with Gasteiger partial charge in [0, 0.05) is 5.70 Å². The van der Waals surface area contributed by atoms with Gasteiger partial charge in [0.1, 0.15) is 0 Å². The number of nitrogens with one attached hydrogen (secondary N) is 1. The van der Waals surface area contributed by atoms with Crippen molar-refractivity contribution in [3.63, 3.8) is 0 Å². The van der Waals surface area contributed by atoms with Crippen molar-refractivity contribution in [2.75, 3.05) is 6.54 Å². The highest BCUT2D eigenvalue weighted by molar-refractivity contribution is 5.79. The van der Waals surface area contributed by atoms with Crippen LogP contribution >= 0.6 is 0 Å². The van der Waals surface area contributed by atoms with Crippen molar-refractivity contribution < 1.29 is 4.79 Å². The third kappa shape index (κ3) is 5.44. The molecule has 12 heavy (non-hydrogen) atoms. The smallest absolute Gasteiger partial charge is 0.237 e. The molecule has 3 heteroatoms. The topological polar surface area (TPSA) is 55.1 Å². The van der Waals surface area contributed by atoms with E-state index in [1.165, 1.54) is 0 Å². The van der Waals surface area contributed by atoms with Crippen LogP contribution in [0.1, 0.15) is 6.92 Å². The molecule has 0 unspecified atom stereocenters. The molecule has 0 aliphatic rings. The van der Waals surface area contributed by atoms with Crippen LogP contribution in [-0.2, 0) is 4.79 Å². The first-order valence-electron chi connectivity index (χ1n) is 3.66. The van der Waals surface area contributed by atoms with Gasteiger partial charge in [-0.25, -0.2) is 0 Å². The largest absolute Gasteiger partial charge is 0.329 e. The van der Waals surface area contributed by atoms with Crippen molar-refractivity contribution >= 4 is 5.91 Å². The zero-order valence-corrected chi connectivity index (χ0v) is 7.21. The van der Waals surface area contributed by atoms with Crippen LogP contribution in [0.15, 0.2) is 36.6 Å². The van der Waals surface area contributed by atoms with E-state index < -0.39 is 0 Å². The fraction of sp³-hybridized carbons (Fsp3) is 0.222. The van der Waals surface area contributed by atoms with Crippen LogP contribution in [0.4, 0.5) is 0 Å². The van der Waals surface area contributed by atoms with E-state index in [0.717, 1.165) is 5.70 Å². The Balaban J connectivity index is 3.93. The van der Waals surface area contributed by atoms with E-state index in [-0.39, 0.29) is 12.5 Å². The van der Waals surface area contributed by atoms with Gasteiger partial charge < -0.3 is 11.1 Å². The molecule has 1 amide bonds. The van der Waals surface area contributed by atoms with E-state index in [1.54, 1.807) is 31.2 Å². The fourth-order valence-corrected chi connectivity index (χ4v) is 0.591. The molecule has 66 valence electrons. The maximum Gasteiger partial charge on any atom is 0.237 e. The van der Waals surface area contributed by atoms with Gasteiger partial charge >= 0.3 is 0 Å². The summed E-state index contributed by atoms with van der Waals surface area (Å²) in [5, 5.41) is 2.60. The Morgan fingerprint density at radius 2 is 2.25 bits per heavy atom. The van der Waals surface area contributed by atoms with E-state index in [4.69, 9.17) is 5.73 Å². The lowest BCUT2D eigenvalue weighted by molar-refractivity contribution is -0.119. The summed E-state index contributed by atoms with van der Waals surface area (Å²) in [5.74, 6) is -0.184. The predicted molar refractivity (Wildman–Crippen MR) is 50.3 cm³/mol. The molecule has 0 saturated heterocycles. The number of allylic oxidation sites excluding steroid dienone is 5. The highest BCUT2D eigenvalue weighted by Gasteiger charge is 1.94. The maximum absolute atomic E-state index is 10.7. The highest BCUT2D eigenvalue weighted by Crippen LogP contribution is 1.87. The van der Waals surface area contributed by atoms with Crippen LogP contribution < -0.4 is 11.1 Å². The first-order valence-corrected chi connectivity index (χ1v) is 3.66. The summed E-state index contributed by atoms with van der Waals surface area (Å²) in [4.78, 5) is 10.7. The Labute approximate surface area is 72.6 Å². The average Bonchev–Trinajstić information content (AvgIpc) is 2.05. The van der Waals surface area contributed by atoms with Gasteiger partial charge in [0.05, 0.1) is 6.54 Å². The lowest BCUT2D eigenvalue weighted by atomic mass is 10.4. The number of hydrogen-bond acceptors (Lipinski definition) is 2. The maximum atomic E-state index is 10.7. The van der Waals surface area contributed by atoms with Gasteiger partial charge in [-0.3, -0.25) is 4.79 Å². The van der Waals surface area contributed by atoms with Gasteiger partial charge in [-0.05, 0) is 13.0 Å². The minimum Gasteiger partial charge on any atom is -0.329 e. The fourth-order valence-electron chi connectivity index (χ4n) is 0.591. The second kappa shape index (κ2) is 6.37. The standard InChI is InChI=1S/C9H14N2O/c1-3-4-5-6-8(2)11-9(12)7-10/h3-6H,1,7,10H2,2H3,(H,11,12)/b5-4-,8-6+. The molecule has 0 aromatic carbocycles. The van der Waals surface area contributed by atoms with Crippen LogP contribution in [0.3, 0.4) is 0 Å². The van der Waals surface area contributed by atoms with Crippen molar-refractivity contribution in [1.29, 1.82) is 0 Å². The number of carbonyl (C=O) groups is 1. The summed E-state index contributed by atoms with van der Waals surface area (Å²) in [6.45, 7) is 5.31. The zero-order chi connectivity index (χ0) is 9.40. The Morgan fingerprint density at radius 1 is 1.58 bits per heavy atom. The lowest BCUT2D eigenvalue weighted by Gasteiger charge is -2.00. The summed E-state index contributed by atoms with van der Waals surface area (Å²) in [5.41, 5.74) is 5.87. The van der Waals surface area contributed by atoms with Gasteiger partial charge in [0.2, 0.25) is 5.91 Å². The normalized spacial score (nSPS) is 11.7. The molecular weight excluding hydrogens is 152 g/mol. The van der Waals surface area contributed by atoms with Gasteiger partial charge in [0.25, 0.3) is 0 Å². The zero-order valence-electron chi connectivity index (χ0n) is 7.21. The summed E-state index contributed by atoms with van der Waals surface area (Å²) >= 11 is 0. The minimum atomic E-state index is -0.184. The molecule has 0 bridgehead atoms. The SMILES string of the molecule is C=C/C=C\C=C(/C)NC(=O)CN. The van der Waals surface area contributed by atoms with E-state index in [9.17, 15) is 4.79 Å². The second-order valence-corrected chi connectivity index (χ2v) is 2.22. The van der Waals surface area contributed by atoms with E-state index in [1.807, 2.05) is 0 Å². The Morgan fingerprint density at radius 3 is 2.75 bits per heavy atom. The molecule has 0 atom stereocenters. The monoisotopic (exact) mass is 166 g/mol. The molecule has 0 aromatic heterocycles. The van der Waals surface area contributed by atoms with Crippen molar-refractivity contribution in [2.45, 2.75) is 6.92 Å². The van der Waals surface area contributed by atoms with Gasteiger partial charge in [-0.2, -0.15) is 0 Å². The highest BCUT2D eigenvalue weighted by atomic mass is 16.1. The second-order valence-electron chi connectivity index (χ2n) is 2.22. The number of amides is 1. The van der Waals surface area contributed by atoms with Gasteiger partial charge in [-0.1, -0.05) is 24.8 Å². The van der Waals surface area contributed by atoms with Crippen LogP contribution in [0.2, 0.25) is 0 Å². The van der Waals surface area contributed by atoms with Crippen LogP contribution in [0, 0.1) is 0 Å². The molecular formula is C9H14N2O. The number of nitrogens with two attached hydrogens (primary N) is 1. The molecule has 0 aliphatic carbocycles. The van der Waals surface area contributed by atoms with E-state index >= 15 is 0 Å². The van der Waals surface area contributed by atoms with Gasteiger partial charge in [-0.15, -0.1) is 0 Å². The van der Waals surface area contributed by atoms with Crippen molar-refractivity contribution in [1.82, 2.24) is 5.32 Å².